The minimum atomic E-state index is 0.0110. The zero-order valence-electron chi connectivity index (χ0n) is 17.9. The number of ketones is 1. The first-order valence-electron chi connectivity index (χ1n) is 10.2. The van der Waals surface area contributed by atoms with Gasteiger partial charge in [0.2, 0.25) is 0 Å². The summed E-state index contributed by atoms with van der Waals surface area (Å²) in [5.74, 6) is 2.25. The van der Waals surface area contributed by atoms with Gasteiger partial charge in [-0.15, -0.1) is 10.2 Å². The number of ether oxygens (including phenoxy) is 2. The summed E-state index contributed by atoms with van der Waals surface area (Å²) in [6.07, 6.45) is 1.84. The van der Waals surface area contributed by atoms with E-state index in [1.165, 1.54) is 11.8 Å². The molecule has 0 bridgehead atoms. The highest BCUT2D eigenvalue weighted by Gasteiger charge is 2.21. The molecule has 8 heteroatoms. The van der Waals surface area contributed by atoms with Crippen LogP contribution in [0.4, 0.5) is 0 Å². The van der Waals surface area contributed by atoms with Gasteiger partial charge >= 0.3 is 0 Å². The number of Topliss-reactive ketones (excluding diaryl/α,β-unsaturated/α-hetero) is 1. The molecule has 3 rings (SSSR count). The smallest absolute Gasteiger partial charge is 0.192 e. The molecule has 0 aliphatic carbocycles. The van der Waals surface area contributed by atoms with Gasteiger partial charge in [-0.05, 0) is 37.1 Å². The van der Waals surface area contributed by atoms with Crippen LogP contribution in [-0.2, 0) is 6.61 Å². The molecule has 0 N–H and O–H groups in total. The van der Waals surface area contributed by atoms with Crippen LogP contribution in [0.2, 0.25) is 5.02 Å². The second kappa shape index (κ2) is 11.2. The van der Waals surface area contributed by atoms with E-state index in [-0.39, 0.29) is 24.2 Å². The molecule has 0 saturated carbocycles. The Morgan fingerprint density at radius 2 is 1.90 bits per heavy atom. The Morgan fingerprint density at radius 3 is 2.61 bits per heavy atom. The standard InChI is InChI=1S/C23H26ClN3O3S/c1-4-17(5-2)27-22(14-30-21-12-7-6-11-19(21)24)25-26-23(27)31-15-20(28)16-9-8-10-18(13-16)29-3/h6-13,17H,4-5,14-15H2,1-3H3. The van der Waals surface area contributed by atoms with Gasteiger partial charge in [-0.2, -0.15) is 0 Å². The lowest BCUT2D eigenvalue weighted by molar-refractivity contribution is 0.102. The highest BCUT2D eigenvalue weighted by molar-refractivity contribution is 7.99. The van der Waals surface area contributed by atoms with E-state index in [0.717, 1.165) is 12.8 Å². The van der Waals surface area contributed by atoms with E-state index >= 15 is 0 Å². The molecule has 164 valence electrons. The van der Waals surface area contributed by atoms with Crippen molar-refractivity contribution in [2.75, 3.05) is 12.9 Å². The van der Waals surface area contributed by atoms with Crippen LogP contribution in [0.15, 0.2) is 53.7 Å². The number of nitrogens with zero attached hydrogens (tertiary/aromatic N) is 3. The molecule has 2 aromatic carbocycles. The highest BCUT2D eigenvalue weighted by atomic mass is 35.5. The first kappa shape index (κ1) is 23.2. The van der Waals surface area contributed by atoms with Crippen molar-refractivity contribution >= 4 is 29.1 Å². The summed E-state index contributed by atoms with van der Waals surface area (Å²) in [7, 11) is 1.59. The lowest BCUT2D eigenvalue weighted by Gasteiger charge is -2.19. The molecule has 0 spiro atoms. The summed E-state index contributed by atoms with van der Waals surface area (Å²) in [6.45, 7) is 4.50. The second-order valence-corrected chi connectivity index (χ2v) is 8.25. The van der Waals surface area contributed by atoms with Crippen LogP contribution in [0.5, 0.6) is 11.5 Å². The van der Waals surface area contributed by atoms with Gasteiger partial charge in [-0.25, -0.2) is 0 Å². The first-order chi connectivity index (χ1) is 15.1. The number of hydrogen-bond donors (Lipinski definition) is 0. The third-order valence-corrected chi connectivity index (χ3v) is 6.22. The first-order valence-corrected chi connectivity index (χ1v) is 11.5. The van der Waals surface area contributed by atoms with Crippen LogP contribution in [0.3, 0.4) is 0 Å². The molecule has 3 aromatic rings. The van der Waals surface area contributed by atoms with Crippen molar-refractivity contribution < 1.29 is 14.3 Å². The van der Waals surface area contributed by atoms with Gasteiger partial charge in [0.15, 0.2) is 16.8 Å². The molecule has 0 fully saturated rings. The van der Waals surface area contributed by atoms with Gasteiger partial charge in [0.1, 0.15) is 18.1 Å². The van der Waals surface area contributed by atoms with E-state index in [1.807, 2.05) is 30.3 Å². The fraction of sp³-hybridized carbons (Fsp3) is 0.348. The van der Waals surface area contributed by atoms with Crippen molar-refractivity contribution in [2.24, 2.45) is 0 Å². The Bertz CT molecular complexity index is 1020. The van der Waals surface area contributed by atoms with Crippen molar-refractivity contribution in [3.63, 3.8) is 0 Å². The highest BCUT2D eigenvalue weighted by Crippen LogP contribution is 2.29. The van der Waals surface area contributed by atoms with Crippen molar-refractivity contribution in [2.45, 2.75) is 44.5 Å². The summed E-state index contributed by atoms with van der Waals surface area (Å²) in [5.41, 5.74) is 0.614. The Morgan fingerprint density at radius 1 is 1.13 bits per heavy atom. The number of rotatable bonds is 11. The van der Waals surface area contributed by atoms with E-state index < -0.39 is 0 Å². The van der Waals surface area contributed by atoms with Crippen molar-refractivity contribution in [3.8, 4) is 11.5 Å². The normalized spacial score (nSPS) is 11.0. The van der Waals surface area contributed by atoms with Crippen LogP contribution in [0, 0.1) is 0 Å². The number of carbonyl (C=O) groups excluding carboxylic acids is 1. The van der Waals surface area contributed by atoms with E-state index in [1.54, 1.807) is 25.3 Å². The Hall–Kier alpha value is -2.51. The zero-order valence-corrected chi connectivity index (χ0v) is 19.4. The summed E-state index contributed by atoms with van der Waals surface area (Å²) in [5, 5.41) is 9.96. The lowest BCUT2D eigenvalue weighted by Crippen LogP contribution is -2.15. The zero-order chi connectivity index (χ0) is 22.2. The monoisotopic (exact) mass is 459 g/mol. The number of methoxy groups -OCH3 is 1. The fourth-order valence-corrected chi connectivity index (χ4v) is 4.35. The van der Waals surface area contributed by atoms with Gasteiger partial charge < -0.3 is 14.0 Å². The molecule has 0 atom stereocenters. The summed E-state index contributed by atoms with van der Waals surface area (Å²) < 4.78 is 13.2. The number of halogens is 1. The fourth-order valence-electron chi connectivity index (χ4n) is 3.24. The van der Waals surface area contributed by atoms with Gasteiger partial charge in [-0.3, -0.25) is 4.79 Å². The Labute approximate surface area is 191 Å². The quantitative estimate of drug-likeness (QED) is 0.264. The predicted molar refractivity (Wildman–Crippen MR) is 123 cm³/mol. The molecule has 0 aliphatic rings. The number of hydrogen-bond acceptors (Lipinski definition) is 6. The minimum Gasteiger partial charge on any atom is -0.497 e. The molecule has 0 unspecified atom stereocenters. The molecular weight excluding hydrogens is 434 g/mol. The molecule has 0 aliphatic heterocycles. The third kappa shape index (κ3) is 5.80. The van der Waals surface area contributed by atoms with Crippen LogP contribution in [0.1, 0.15) is 48.9 Å². The summed E-state index contributed by atoms with van der Waals surface area (Å²) in [6, 6.07) is 14.7. The van der Waals surface area contributed by atoms with Gasteiger partial charge in [0, 0.05) is 11.6 Å². The number of benzene rings is 2. The van der Waals surface area contributed by atoms with Crippen molar-refractivity contribution in [3.05, 3.63) is 64.9 Å². The molecule has 1 aromatic heterocycles. The van der Waals surface area contributed by atoms with Crippen LogP contribution in [-0.4, -0.2) is 33.4 Å². The van der Waals surface area contributed by atoms with Crippen molar-refractivity contribution in [1.29, 1.82) is 0 Å². The number of para-hydroxylation sites is 1. The van der Waals surface area contributed by atoms with Crippen LogP contribution in [0.25, 0.3) is 0 Å². The summed E-state index contributed by atoms with van der Waals surface area (Å²) in [4.78, 5) is 12.7. The number of thioether (sulfide) groups is 1. The lowest BCUT2D eigenvalue weighted by atomic mass is 10.1. The maximum absolute atomic E-state index is 12.7. The number of aromatic nitrogens is 3. The molecular formula is C23H26ClN3O3S. The van der Waals surface area contributed by atoms with Crippen LogP contribution < -0.4 is 9.47 Å². The van der Waals surface area contributed by atoms with E-state index in [4.69, 9.17) is 21.1 Å². The van der Waals surface area contributed by atoms with Crippen molar-refractivity contribution in [1.82, 2.24) is 14.8 Å². The molecule has 1 heterocycles. The van der Waals surface area contributed by atoms with Crippen LogP contribution >= 0.6 is 23.4 Å². The summed E-state index contributed by atoms with van der Waals surface area (Å²) >= 11 is 7.58. The second-order valence-electron chi connectivity index (χ2n) is 6.90. The third-order valence-electron chi connectivity index (χ3n) is 4.96. The topological polar surface area (TPSA) is 66.2 Å². The maximum Gasteiger partial charge on any atom is 0.192 e. The number of carbonyl (C=O) groups is 1. The Kier molecular flexibility index (Phi) is 8.37. The largest absolute Gasteiger partial charge is 0.497 e. The van der Waals surface area contributed by atoms with E-state index in [9.17, 15) is 4.79 Å². The molecule has 0 radical (unpaired) electrons. The van der Waals surface area contributed by atoms with Gasteiger partial charge in [-0.1, -0.05) is 61.5 Å². The molecule has 6 nitrogen and oxygen atoms in total. The Balaban J connectivity index is 1.76. The van der Waals surface area contributed by atoms with Gasteiger partial charge in [0.05, 0.1) is 17.9 Å². The van der Waals surface area contributed by atoms with Gasteiger partial charge in [0.25, 0.3) is 0 Å². The molecule has 31 heavy (non-hydrogen) atoms. The van der Waals surface area contributed by atoms with E-state index in [0.29, 0.717) is 33.1 Å². The average Bonchev–Trinajstić information content (AvgIpc) is 3.20. The predicted octanol–water partition coefficient (Wildman–Crippen LogP) is 5.86. The molecule has 0 amide bonds. The average molecular weight is 460 g/mol. The minimum absolute atomic E-state index is 0.0110. The maximum atomic E-state index is 12.7. The SMILES string of the molecule is CCC(CC)n1c(COc2ccccc2Cl)nnc1SCC(=O)c1cccc(OC)c1. The van der Waals surface area contributed by atoms with E-state index in [2.05, 4.69) is 28.6 Å². The molecule has 0 saturated heterocycles.